The van der Waals surface area contributed by atoms with Gasteiger partial charge in [-0.25, -0.2) is 0 Å². The maximum atomic E-state index is 6.47. The van der Waals surface area contributed by atoms with Crippen LogP contribution in [0.2, 0.25) is 0 Å². The lowest BCUT2D eigenvalue weighted by atomic mass is 9.98. The molecule has 6 aromatic rings. The van der Waals surface area contributed by atoms with Gasteiger partial charge in [0.25, 0.3) is 0 Å². The van der Waals surface area contributed by atoms with Gasteiger partial charge in [-0.3, -0.25) is 0 Å². The van der Waals surface area contributed by atoms with Gasteiger partial charge >= 0.3 is 0 Å². The Labute approximate surface area is 217 Å². The van der Waals surface area contributed by atoms with Crippen LogP contribution in [0.25, 0.3) is 21.5 Å². The molecule has 0 saturated heterocycles. The first-order chi connectivity index (χ1) is 18.3. The number of hydrogen-bond acceptors (Lipinski definition) is 2. The Hall–Kier alpha value is -4.56. The van der Waals surface area contributed by atoms with Crippen LogP contribution in [0.5, 0.6) is 11.5 Å². The number of hydrogen-bond donors (Lipinski definition) is 0. The molecule has 0 spiro atoms. The first-order valence-corrected chi connectivity index (χ1v) is 12.7. The van der Waals surface area contributed by atoms with E-state index in [1.165, 1.54) is 21.9 Å². The summed E-state index contributed by atoms with van der Waals surface area (Å²) in [5, 5.41) is 4.62. The zero-order valence-corrected chi connectivity index (χ0v) is 20.6. The molecule has 37 heavy (non-hydrogen) atoms. The SMILES string of the molecule is c1ccc(COc2ccc3cc4ccc(Cc5ccccc5)cc4cc3c2OCc2ccccc2)cc1. The summed E-state index contributed by atoms with van der Waals surface area (Å²) in [6.07, 6.45) is 0.909. The molecule has 0 heterocycles. The Balaban J connectivity index is 1.39. The molecule has 0 aliphatic heterocycles. The Morgan fingerprint density at radius 3 is 1.68 bits per heavy atom. The number of rotatable bonds is 8. The summed E-state index contributed by atoms with van der Waals surface area (Å²) >= 11 is 0. The maximum absolute atomic E-state index is 6.47. The lowest BCUT2D eigenvalue weighted by Gasteiger charge is -2.16. The largest absolute Gasteiger partial charge is 0.485 e. The molecule has 0 unspecified atom stereocenters. The van der Waals surface area contributed by atoms with E-state index in [2.05, 4.69) is 91.0 Å². The summed E-state index contributed by atoms with van der Waals surface area (Å²) in [5.41, 5.74) is 4.85. The van der Waals surface area contributed by atoms with Gasteiger partial charge in [0.05, 0.1) is 0 Å². The van der Waals surface area contributed by atoms with E-state index in [1.54, 1.807) is 0 Å². The van der Waals surface area contributed by atoms with Crippen LogP contribution in [-0.4, -0.2) is 0 Å². The fourth-order valence-corrected chi connectivity index (χ4v) is 4.74. The smallest absolute Gasteiger partial charge is 0.169 e. The molecule has 0 N–H and O–H groups in total. The zero-order chi connectivity index (χ0) is 24.9. The van der Waals surface area contributed by atoms with Crippen LogP contribution in [0, 0.1) is 0 Å². The van der Waals surface area contributed by atoms with Gasteiger partial charge in [-0.2, -0.15) is 0 Å². The van der Waals surface area contributed by atoms with E-state index in [4.69, 9.17) is 9.47 Å². The van der Waals surface area contributed by atoms with Crippen molar-refractivity contribution < 1.29 is 9.47 Å². The molecule has 0 aliphatic rings. The molecule has 0 aliphatic carbocycles. The topological polar surface area (TPSA) is 18.5 Å². The highest BCUT2D eigenvalue weighted by Gasteiger charge is 2.13. The monoisotopic (exact) mass is 480 g/mol. The average molecular weight is 481 g/mol. The third-order valence-electron chi connectivity index (χ3n) is 6.67. The zero-order valence-electron chi connectivity index (χ0n) is 20.6. The highest BCUT2D eigenvalue weighted by atomic mass is 16.5. The normalized spacial score (nSPS) is 11.0. The van der Waals surface area contributed by atoms with E-state index in [1.807, 2.05) is 42.5 Å². The van der Waals surface area contributed by atoms with Crippen LogP contribution in [0.15, 0.2) is 133 Å². The van der Waals surface area contributed by atoms with Crippen molar-refractivity contribution in [3.63, 3.8) is 0 Å². The van der Waals surface area contributed by atoms with E-state index >= 15 is 0 Å². The van der Waals surface area contributed by atoms with Crippen molar-refractivity contribution in [1.82, 2.24) is 0 Å². The molecule has 0 saturated carbocycles. The van der Waals surface area contributed by atoms with E-state index < -0.39 is 0 Å². The van der Waals surface area contributed by atoms with Crippen LogP contribution in [-0.2, 0) is 19.6 Å². The van der Waals surface area contributed by atoms with Crippen molar-refractivity contribution in [2.24, 2.45) is 0 Å². The highest BCUT2D eigenvalue weighted by molar-refractivity contribution is 6.02. The fourth-order valence-electron chi connectivity index (χ4n) is 4.74. The van der Waals surface area contributed by atoms with Gasteiger partial charge in [-0.1, -0.05) is 115 Å². The predicted molar refractivity (Wildman–Crippen MR) is 152 cm³/mol. The molecule has 0 bridgehead atoms. The van der Waals surface area contributed by atoms with Gasteiger partial charge in [0.15, 0.2) is 11.5 Å². The van der Waals surface area contributed by atoms with Gasteiger partial charge in [0.1, 0.15) is 13.2 Å². The molecule has 0 aromatic heterocycles. The second kappa shape index (κ2) is 10.6. The van der Waals surface area contributed by atoms with E-state index in [0.717, 1.165) is 39.8 Å². The third-order valence-corrected chi connectivity index (χ3v) is 6.67. The van der Waals surface area contributed by atoms with Crippen molar-refractivity contribution in [1.29, 1.82) is 0 Å². The molecule has 0 atom stereocenters. The van der Waals surface area contributed by atoms with Gasteiger partial charge < -0.3 is 9.47 Å². The van der Waals surface area contributed by atoms with Crippen molar-refractivity contribution >= 4 is 21.5 Å². The van der Waals surface area contributed by atoms with Crippen molar-refractivity contribution in [2.75, 3.05) is 0 Å². The van der Waals surface area contributed by atoms with E-state index in [0.29, 0.717) is 13.2 Å². The molecule has 2 nitrogen and oxygen atoms in total. The highest BCUT2D eigenvalue weighted by Crippen LogP contribution is 2.39. The van der Waals surface area contributed by atoms with Crippen molar-refractivity contribution in [3.8, 4) is 11.5 Å². The summed E-state index contributed by atoms with van der Waals surface area (Å²) in [5.74, 6) is 1.54. The summed E-state index contributed by atoms with van der Waals surface area (Å²) in [6.45, 7) is 0.969. The van der Waals surface area contributed by atoms with Gasteiger partial charge in [0, 0.05) is 5.39 Å². The Morgan fingerprint density at radius 1 is 0.405 bits per heavy atom. The molecule has 0 amide bonds. The Bertz CT molecular complexity index is 1620. The van der Waals surface area contributed by atoms with Gasteiger partial charge in [0.2, 0.25) is 0 Å². The quantitative estimate of drug-likeness (QED) is 0.203. The molecule has 0 radical (unpaired) electrons. The third kappa shape index (κ3) is 5.34. The minimum Gasteiger partial charge on any atom is -0.485 e. The predicted octanol–water partition coefficient (Wildman–Crippen LogP) is 8.74. The summed E-state index contributed by atoms with van der Waals surface area (Å²) in [7, 11) is 0. The lowest BCUT2D eigenvalue weighted by molar-refractivity contribution is 0.259. The van der Waals surface area contributed by atoms with E-state index in [9.17, 15) is 0 Å². The second-order valence-electron chi connectivity index (χ2n) is 9.36. The Kier molecular flexibility index (Phi) is 6.55. The summed E-state index contributed by atoms with van der Waals surface area (Å²) in [4.78, 5) is 0. The van der Waals surface area contributed by atoms with Gasteiger partial charge in [-0.15, -0.1) is 0 Å². The molecule has 0 fully saturated rings. The molecular weight excluding hydrogens is 452 g/mol. The van der Waals surface area contributed by atoms with Crippen LogP contribution in [0.1, 0.15) is 22.3 Å². The molecule has 2 heteroatoms. The fraction of sp³-hybridized carbons (Fsp3) is 0.0857. The van der Waals surface area contributed by atoms with Crippen molar-refractivity contribution in [2.45, 2.75) is 19.6 Å². The number of benzene rings is 6. The van der Waals surface area contributed by atoms with Crippen LogP contribution >= 0.6 is 0 Å². The molecular formula is C35H28O2. The molecule has 180 valence electrons. The maximum Gasteiger partial charge on any atom is 0.169 e. The van der Waals surface area contributed by atoms with Crippen LogP contribution in [0.3, 0.4) is 0 Å². The van der Waals surface area contributed by atoms with Crippen LogP contribution < -0.4 is 9.47 Å². The minimum atomic E-state index is 0.480. The second-order valence-corrected chi connectivity index (χ2v) is 9.36. The minimum absolute atomic E-state index is 0.480. The Morgan fingerprint density at radius 2 is 1.00 bits per heavy atom. The van der Waals surface area contributed by atoms with Crippen molar-refractivity contribution in [3.05, 3.63) is 156 Å². The summed E-state index contributed by atoms with van der Waals surface area (Å²) < 4.78 is 12.8. The lowest BCUT2D eigenvalue weighted by Crippen LogP contribution is -2.01. The average Bonchev–Trinajstić information content (AvgIpc) is 2.96. The first-order valence-electron chi connectivity index (χ1n) is 12.7. The van der Waals surface area contributed by atoms with Gasteiger partial charge in [-0.05, 0) is 63.0 Å². The summed E-state index contributed by atoms with van der Waals surface area (Å²) in [6, 6.07) is 46.5. The number of ether oxygens (including phenoxy) is 2. The van der Waals surface area contributed by atoms with Crippen LogP contribution in [0.4, 0.5) is 0 Å². The molecule has 6 aromatic carbocycles. The van der Waals surface area contributed by atoms with E-state index in [-0.39, 0.29) is 0 Å². The standard InChI is InChI=1S/C35H28O2/c1-4-10-26(11-5-1)20-29-16-17-30-22-31-18-19-34(36-24-27-12-6-2-7-13-27)35(33(31)23-32(30)21-29)37-25-28-14-8-3-9-15-28/h1-19,21-23H,20,24-25H2. The first kappa shape index (κ1) is 22.9. The number of fused-ring (bicyclic) bond motifs is 2. The molecule has 6 rings (SSSR count).